The van der Waals surface area contributed by atoms with E-state index in [-0.39, 0.29) is 18.7 Å². The number of aliphatic hydroxyl groups is 2. The second kappa shape index (κ2) is 25.4. The lowest BCUT2D eigenvalue weighted by Gasteiger charge is -2.04. The molecule has 0 aliphatic rings. The summed E-state index contributed by atoms with van der Waals surface area (Å²) in [7, 11) is 0. The summed E-state index contributed by atoms with van der Waals surface area (Å²) in [4.78, 5) is 0. The van der Waals surface area contributed by atoms with Gasteiger partial charge in [0.1, 0.15) is 0 Å². The van der Waals surface area contributed by atoms with E-state index in [1.807, 2.05) is 0 Å². The Balaban J connectivity index is 0. The van der Waals surface area contributed by atoms with Crippen molar-refractivity contribution in [2.24, 2.45) is 5.73 Å². The fourth-order valence-electron chi connectivity index (χ4n) is 2.71. The molecule has 148 valence electrons. The van der Waals surface area contributed by atoms with E-state index in [9.17, 15) is 0 Å². The van der Waals surface area contributed by atoms with Crippen molar-refractivity contribution < 1.29 is 10.2 Å². The first-order valence-electron chi connectivity index (χ1n) is 10.3. The van der Waals surface area contributed by atoms with Crippen LogP contribution in [-0.2, 0) is 0 Å². The van der Waals surface area contributed by atoms with Gasteiger partial charge in [-0.3, -0.25) is 0 Å². The van der Waals surface area contributed by atoms with E-state index < -0.39 is 0 Å². The molecule has 4 N–H and O–H groups in total. The highest BCUT2D eigenvalue weighted by Gasteiger charge is 1.96. The highest BCUT2D eigenvalue weighted by Crippen LogP contribution is 2.14. The predicted molar refractivity (Wildman–Crippen MR) is 108 cm³/mol. The van der Waals surface area contributed by atoms with Crippen molar-refractivity contribution in [2.75, 3.05) is 13.2 Å². The standard InChI is InChI=1S/C18H38ClN.C2H6O2/c1-2-3-4-5-6-7-8-9-10-11-12-13-14-15-16-17-18(19)20;3-1-2-4/h18H,2-17,20H2,1H3;3-4H,1-2H2. The van der Waals surface area contributed by atoms with E-state index in [1.165, 1.54) is 96.3 Å². The molecule has 0 amide bonds. The molecule has 1 atom stereocenters. The van der Waals surface area contributed by atoms with Gasteiger partial charge in [0, 0.05) is 0 Å². The Hall–Kier alpha value is 0.170. The summed E-state index contributed by atoms with van der Waals surface area (Å²) < 4.78 is 0. The normalized spacial score (nSPS) is 11.9. The SMILES string of the molecule is CCCCCCCCCCCCCCCCCC(N)Cl.OCCO. The minimum atomic E-state index is -0.128. The van der Waals surface area contributed by atoms with Crippen LogP contribution < -0.4 is 5.73 Å². The fraction of sp³-hybridized carbons (Fsp3) is 1.00. The summed E-state index contributed by atoms with van der Waals surface area (Å²) in [6.07, 6.45) is 22.1. The molecule has 0 bridgehead atoms. The summed E-state index contributed by atoms with van der Waals surface area (Å²) >= 11 is 5.71. The van der Waals surface area contributed by atoms with Gasteiger partial charge >= 0.3 is 0 Å². The van der Waals surface area contributed by atoms with Crippen LogP contribution in [0.5, 0.6) is 0 Å². The fourth-order valence-corrected chi connectivity index (χ4v) is 2.86. The largest absolute Gasteiger partial charge is 0.394 e. The number of rotatable bonds is 17. The minimum absolute atomic E-state index is 0.125. The van der Waals surface area contributed by atoms with Gasteiger partial charge in [-0.25, -0.2) is 0 Å². The number of unbranched alkanes of at least 4 members (excludes halogenated alkanes) is 14. The lowest BCUT2D eigenvalue weighted by molar-refractivity contribution is 0.186. The van der Waals surface area contributed by atoms with Gasteiger partial charge in [0.15, 0.2) is 0 Å². The molecule has 1 unspecified atom stereocenters. The van der Waals surface area contributed by atoms with E-state index in [1.54, 1.807) is 0 Å². The summed E-state index contributed by atoms with van der Waals surface area (Å²) in [6.45, 7) is 2.03. The Morgan fingerprint density at radius 2 is 0.917 bits per heavy atom. The molecule has 0 rings (SSSR count). The second-order valence-electron chi connectivity index (χ2n) is 6.70. The van der Waals surface area contributed by atoms with Gasteiger partial charge in [-0.05, 0) is 6.42 Å². The van der Waals surface area contributed by atoms with Crippen molar-refractivity contribution >= 4 is 11.6 Å². The molecule has 0 fully saturated rings. The van der Waals surface area contributed by atoms with Crippen molar-refractivity contribution in [1.29, 1.82) is 0 Å². The Labute approximate surface area is 156 Å². The Bertz CT molecular complexity index is 202. The van der Waals surface area contributed by atoms with Crippen molar-refractivity contribution in [3.05, 3.63) is 0 Å². The van der Waals surface area contributed by atoms with Gasteiger partial charge in [0.2, 0.25) is 0 Å². The quantitative estimate of drug-likeness (QED) is 0.175. The lowest BCUT2D eigenvalue weighted by Crippen LogP contribution is -2.10. The Morgan fingerprint density at radius 1 is 0.625 bits per heavy atom. The smallest absolute Gasteiger partial charge is 0.0800 e. The molecule has 0 saturated heterocycles. The number of hydrogen-bond donors (Lipinski definition) is 3. The molecular formula is C20H44ClNO2. The molecule has 0 saturated carbocycles. The highest BCUT2D eigenvalue weighted by atomic mass is 35.5. The number of halogens is 1. The van der Waals surface area contributed by atoms with E-state index in [0.29, 0.717) is 0 Å². The third-order valence-electron chi connectivity index (χ3n) is 4.18. The molecule has 4 heteroatoms. The van der Waals surface area contributed by atoms with Crippen LogP contribution in [0.2, 0.25) is 0 Å². The zero-order chi connectivity index (χ0) is 18.3. The molecule has 0 aliphatic carbocycles. The van der Waals surface area contributed by atoms with Crippen LogP contribution in [0, 0.1) is 0 Å². The van der Waals surface area contributed by atoms with Crippen molar-refractivity contribution in [3.8, 4) is 0 Å². The topological polar surface area (TPSA) is 66.5 Å². The molecule has 0 aromatic carbocycles. The zero-order valence-corrected chi connectivity index (χ0v) is 16.9. The van der Waals surface area contributed by atoms with Crippen LogP contribution in [0.3, 0.4) is 0 Å². The van der Waals surface area contributed by atoms with E-state index >= 15 is 0 Å². The first-order chi connectivity index (χ1) is 11.7. The van der Waals surface area contributed by atoms with Gasteiger partial charge in [-0.1, -0.05) is 103 Å². The first-order valence-corrected chi connectivity index (χ1v) is 10.7. The first kappa shape index (κ1) is 26.4. The average Bonchev–Trinajstić information content (AvgIpc) is 2.58. The third-order valence-corrected chi connectivity index (χ3v) is 4.40. The summed E-state index contributed by atoms with van der Waals surface area (Å²) in [5.74, 6) is 0. The molecule has 0 aromatic heterocycles. The molecule has 0 aromatic rings. The summed E-state index contributed by atoms with van der Waals surface area (Å²) in [6, 6.07) is 0. The third kappa shape index (κ3) is 30.1. The van der Waals surface area contributed by atoms with Gasteiger partial charge in [0.25, 0.3) is 0 Å². The van der Waals surface area contributed by atoms with Crippen LogP contribution in [0.1, 0.15) is 110 Å². The van der Waals surface area contributed by atoms with E-state index in [0.717, 1.165) is 6.42 Å². The Kier molecular flexibility index (Phi) is 28.0. The van der Waals surface area contributed by atoms with Gasteiger partial charge in [0.05, 0.1) is 18.7 Å². The van der Waals surface area contributed by atoms with Crippen LogP contribution in [-0.4, -0.2) is 28.9 Å². The zero-order valence-electron chi connectivity index (χ0n) is 16.2. The lowest BCUT2D eigenvalue weighted by atomic mass is 10.0. The van der Waals surface area contributed by atoms with Crippen LogP contribution in [0.15, 0.2) is 0 Å². The monoisotopic (exact) mass is 365 g/mol. The minimum Gasteiger partial charge on any atom is -0.394 e. The van der Waals surface area contributed by atoms with Gasteiger partial charge < -0.3 is 15.9 Å². The molecule has 0 heterocycles. The molecular weight excluding hydrogens is 322 g/mol. The van der Waals surface area contributed by atoms with Gasteiger partial charge in [-0.2, -0.15) is 0 Å². The van der Waals surface area contributed by atoms with Crippen LogP contribution in [0.4, 0.5) is 0 Å². The molecule has 24 heavy (non-hydrogen) atoms. The number of aliphatic hydroxyl groups excluding tert-OH is 2. The van der Waals surface area contributed by atoms with Crippen molar-refractivity contribution in [1.82, 2.24) is 0 Å². The summed E-state index contributed by atoms with van der Waals surface area (Å²) in [5, 5.41) is 15.2. The molecule has 0 spiro atoms. The van der Waals surface area contributed by atoms with Crippen molar-refractivity contribution in [2.45, 2.75) is 115 Å². The van der Waals surface area contributed by atoms with E-state index in [2.05, 4.69) is 6.92 Å². The van der Waals surface area contributed by atoms with Crippen LogP contribution in [0.25, 0.3) is 0 Å². The maximum atomic E-state index is 7.62. The molecule has 0 aliphatic heterocycles. The predicted octanol–water partition coefficient (Wildman–Crippen LogP) is 5.74. The number of hydrogen-bond acceptors (Lipinski definition) is 3. The molecule has 0 radical (unpaired) electrons. The molecule has 3 nitrogen and oxygen atoms in total. The summed E-state index contributed by atoms with van der Waals surface area (Å²) in [5.41, 5.74) is 5.38. The highest BCUT2D eigenvalue weighted by molar-refractivity contribution is 6.20. The number of alkyl halides is 1. The van der Waals surface area contributed by atoms with Crippen LogP contribution >= 0.6 is 11.6 Å². The van der Waals surface area contributed by atoms with Crippen molar-refractivity contribution in [3.63, 3.8) is 0 Å². The van der Waals surface area contributed by atoms with E-state index in [4.69, 9.17) is 27.5 Å². The Morgan fingerprint density at radius 3 is 1.17 bits per heavy atom. The van der Waals surface area contributed by atoms with Gasteiger partial charge in [-0.15, -0.1) is 11.6 Å². The second-order valence-corrected chi connectivity index (χ2v) is 7.26. The number of nitrogens with two attached hydrogens (primary N) is 1. The average molecular weight is 366 g/mol. The maximum absolute atomic E-state index is 7.62. The maximum Gasteiger partial charge on any atom is 0.0800 e.